The molecule has 10 nitrogen and oxygen atoms in total. The maximum Gasteiger partial charge on any atom is 2.00 e. The van der Waals surface area contributed by atoms with Crippen molar-refractivity contribution in [3.05, 3.63) is 0 Å². The second-order valence-corrected chi connectivity index (χ2v) is 5.62. The Morgan fingerprint density at radius 1 is 0.933 bits per heavy atom. The minimum absolute atomic E-state index is 0. The molecular formula is H2CoKO10P3. The molecule has 1 unspecified atom stereocenters. The maximum absolute atomic E-state index is 10.2. The van der Waals surface area contributed by atoms with Crippen LogP contribution in [0.25, 0.3) is 0 Å². The molecule has 0 aliphatic rings. The Kier molecular flexibility index (Phi) is 11.9. The SMILES string of the molecule is O=P([O-])([O-])OP(=O)([O-])OP(=O)(O)O.[Co+2].[K+]. The van der Waals surface area contributed by atoms with Gasteiger partial charge in [-0.05, 0) is 0 Å². The Bertz CT molecular complexity index is 283. The fourth-order valence-corrected chi connectivity index (χ4v) is 2.68. The van der Waals surface area contributed by atoms with Crippen molar-refractivity contribution in [1.29, 1.82) is 0 Å². The summed E-state index contributed by atoms with van der Waals surface area (Å²) in [6, 6.07) is 0. The maximum atomic E-state index is 10.2. The van der Waals surface area contributed by atoms with E-state index in [2.05, 4.69) is 8.62 Å². The number of rotatable bonds is 4. The molecule has 0 fully saturated rings. The van der Waals surface area contributed by atoms with Crippen LogP contribution in [0, 0.1) is 0 Å². The molecule has 0 saturated carbocycles. The molecule has 0 rings (SSSR count). The Hall–Kier alpha value is 2.55. The summed E-state index contributed by atoms with van der Waals surface area (Å²) in [6.07, 6.45) is 0. The zero-order valence-corrected chi connectivity index (χ0v) is 13.7. The molecule has 87 valence electrons. The molecule has 0 aliphatic carbocycles. The van der Waals surface area contributed by atoms with Gasteiger partial charge < -0.3 is 29.0 Å². The number of hydrogen-bond donors (Lipinski definition) is 2. The summed E-state index contributed by atoms with van der Waals surface area (Å²) < 4.78 is 35.3. The van der Waals surface area contributed by atoms with Crippen molar-refractivity contribution < 1.29 is 115 Å². The fraction of sp³-hybridized carbons (Fsp3) is 0. The van der Waals surface area contributed by atoms with Crippen LogP contribution in [0.3, 0.4) is 0 Å². The summed E-state index contributed by atoms with van der Waals surface area (Å²) in [5, 5.41) is 0. The first-order chi connectivity index (χ1) is 5.41. The van der Waals surface area contributed by atoms with E-state index in [1.165, 1.54) is 0 Å². The van der Waals surface area contributed by atoms with Crippen LogP contribution in [0.4, 0.5) is 0 Å². The molecule has 15 heteroatoms. The molecule has 15 heavy (non-hydrogen) atoms. The zero-order valence-electron chi connectivity index (χ0n) is 6.84. The van der Waals surface area contributed by atoms with E-state index in [0.29, 0.717) is 0 Å². The van der Waals surface area contributed by atoms with Crippen molar-refractivity contribution in [3.63, 3.8) is 0 Å². The van der Waals surface area contributed by atoms with Gasteiger partial charge in [0, 0.05) is 0 Å². The van der Waals surface area contributed by atoms with Gasteiger partial charge in [0.2, 0.25) is 0 Å². The summed E-state index contributed by atoms with van der Waals surface area (Å²) in [7, 11) is -17.2. The summed E-state index contributed by atoms with van der Waals surface area (Å²) in [4.78, 5) is 45.3. The van der Waals surface area contributed by atoms with Crippen LogP contribution in [0.5, 0.6) is 0 Å². The van der Waals surface area contributed by atoms with Crippen molar-refractivity contribution >= 4 is 23.5 Å². The molecular weight excluding hydrogens is 351 g/mol. The molecule has 1 atom stereocenters. The van der Waals surface area contributed by atoms with E-state index in [-0.39, 0.29) is 68.2 Å². The first-order valence-corrected chi connectivity index (χ1v) is 6.68. The Balaban J connectivity index is -0.000000720. The van der Waals surface area contributed by atoms with Gasteiger partial charge in [-0.25, -0.2) is 8.88 Å². The van der Waals surface area contributed by atoms with E-state index >= 15 is 0 Å². The molecule has 0 heterocycles. The first-order valence-electron chi connectivity index (χ1n) is 2.23. The van der Waals surface area contributed by atoms with Crippen LogP contribution in [-0.4, -0.2) is 9.79 Å². The van der Waals surface area contributed by atoms with Gasteiger partial charge in [-0.2, -0.15) is 0 Å². The van der Waals surface area contributed by atoms with Gasteiger partial charge in [-0.3, -0.25) is 8.88 Å². The second-order valence-electron chi connectivity index (χ2n) is 1.55. The Morgan fingerprint density at radius 2 is 1.27 bits per heavy atom. The van der Waals surface area contributed by atoms with Crippen LogP contribution < -0.4 is 66.1 Å². The standard InChI is InChI=1S/Co.K.H5O10P3/c;;1-11(2,3)9-13(7,8)10-12(4,5)6/h;;(H,7,8)(H2,1,2,3)(H2,4,5,6)/q+2;+1;/p-3. The van der Waals surface area contributed by atoms with E-state index in [1.54, 1.807) is 0 Å². The molecule has 0 aromatic carbocycles. The predicted octanol–water partition coefficient (Wildman–Crippen LogP) is -5.59. The molecule has 0 spiro atoms. The number of phosphoric acid groups is 3. The second kappa shape index (κ2) is 7.87. The molecule has 0 saturated heterocycles. The van der Waals surface area contributed by atoms with E-state index < -0.39 is 23.5 Å². The van der Waals surface area contributed by atoms with E-state index in [1.807, 2.05) is 0 Å². The quantitative estimate of drug-likeness (QED) is 0.365. The number of hydrogen-bond acceptors (Lipinski definition) is 8. The molecule has 0 aliphatic heterocycles. The molecule has 0 aromatic heterocycles. The molecule has 0 amide bonds. The smallest absolute Gasteiger partial charge is 0.790 e. The zero-order chi connectivity index (χ0) is 10.9. The van der Waals surface area contributed by atoms with Crippen LogP contribution in [0.15, 0.2) is 0 Å². The van der Waals surface area contributed by atoms with Crippen molar-refractivity contribution in [2.45, 2.75) is 0 Å². The normalized spacial score (nSPS) is 15.8. The van der Waals surface area contributed by atoms with Crippen LogP contribution in [0.2, 0.25) is 0 Å². The minimum atomic E-state index is -5.92. The topological polar surface area (TPSA) is 179 Å². The van der Waals surface area contributed by atoms with Gasteiger partial charge in [-0.1, -0.05) is 0 Å². The predicted molar refractivity (Wildman–Crippen MR) is 29.4 cm³/mol. The van der Waals surface area contributed by atoms with Gasteiger partial charge in [0.1, 0.15) is 0 Å². The van der Waals surface area contributed by atoms with Crippen molar-refractivity contribution in [2.75, 3.05) is 0 Å². The monoisotopic (exact) mass is 353 g/mol. The molecule has 0 bridgehead atoms. The summed E-state index contributed by atoms with van der Waals surface area (Å²) >= 11 is 0. The molecule has 0 aromatic rings. The van der Waals surface area contributed by atoms with Crippen LogP contribution in [-0.2, 0) is 39.1 Å². The summed E-state index contributed by atoms with van der Waals surface area (Å²) in [5.74, 6) is 0. The third-order valence-electron chi connectivity index (χ3n) is 0.406. The fourth-order valence-electron chi connectivity index (χ4n) is 0.268. The van der Waals surface area contributed by atoms with E-state index in [9.17, 15) is 28.4 Å². The third-order valence-corrected chi connectivity index (χ3v) is 3.66. The average Bonchev–Trinajstić information content (AvgIpc) is 1.43. The summed E-state index contributed by atoms with van der Waals surface area (Å²) in [6.45, 7) is 0. The van der Waals surface area contributed by atoms with Crippen LogP contribution in [0.1, 0.15) is 0 Å². The van der Waals surface area contributed by atoms with Crippen molar-refractivity contribution in [3.8, 4) is 0 Å². The average molecular weight is 353 g/mol. The molecule has 2 N–H and O–H groups in total. The van der Waals surface area contributed by atoms with Gasteiger partial charge in [-0.15, -0.1) is 0 Å². The van der Waals surface area contributed by atoms with E-state index in [0.717, 1.165) is 0 Å². The summed E-state index contributed by atoms with van der Waals surface area (Å²) in [5.41, 5.74) is 0. The van der Waals surface area contributed by atoms with Gasteiger partial charge in [0.25, 0.3) is 7.82 Å². The van der Waals surface area contributed by atoms with Gasteiger partial charge in [0.05, 0.1) is 7.82 Å². The first kappa shape index (κ1) is 22.7. The van der Waals surface area contributed by atoms with Crippen molar-refractivity contribution in [2.24, 2.45) is 0 Å². The minimum Gasteiger partial charge on any atom is -0.790 e. The third kappa shape index (κ3) is 16.6. The Labute approximate surface area is 136 Å². The van der Waals surface area contributed by atoms with Crippen LogP contribution >= 0.6 is 23.5 Å². The van der Waals surface area contributed by atoms with Crippen molar-refractivity contribution in [1.82, 2.24) is 0 Å². The van der Waals surface area contributed by atoms with Gasteiger partial charge >= 0.3 is 76.0 Å². The Morgan fingerprint density at radius 3 is 1.47 bits per heavy atom. The molecule has 1 radical (unpaired) electrons. The van der Waals surface area contributed by atoms with E-state index in [4.69, 9.17) is 9.79 Å². The van der Waals surface area contributed by atoms with Gasteiger partial charge in [0.15, 0.2) is 0 Å². The largest absolute Gasteiger partial charge is 2.00 e.